The van der Waals surface area contributed by atoms with Crippen LogP contribution in [0.1, 0.15) is 38.3 Å². The Morgan fingerprint density at radius 2 is 1.94 bits per heavy atom. The van der Waals surface area contributed by atoms with E-state index in [-0.39, 0.29) is 5.78 Å². The first kappa shape index (κ1) is 12.7. The molecular weight excluding hydrogens is 196 g/mol. The second-order valence-corrected chi connectivity index (χ2v) is 3.98. The van der Waals surface area contributed by atoms with Crippen molar-refractivity contribution in [3.63, 3.8) is 0 Å². The molecule has 16 heavy (non-hydrogen) atoms. The maximum atomic E-state index is 11.5. The summed E-state index contributed by atoms with van der Waals surface area (Å²) in [5.74, 6) is 0.194. The van der Waals surface area contributed by atoms with Crippen LogP contribution in [-0.2, 0) is 11.2 Å². The third kappa shape index (κ3) is 2.60. The van der Waals surface area contributed by atoms with Crippen LogP contribution in [0, 0.1) is 6.92 Å². The lowest BCUT2D eigenvalue weighted by atomic mass is 10.0. The van der Waals surface area contributed by atoms with Gasteiger partial charge >= 0.3 is 0 Å². The van der Waals surface area contributed by atoms with E-state index in [1.165, 1.54) is 16.3 Å². The molecule has 1 rings (SSSR count). The Kier molecular flexibility index (Phi) is 4.48. The average molecular weight is 216 g/mol. The van der Waals surface area contributed by atoms with Gasteiger partial charge in [-0.15, -0.1) is 0 Å². The summed E-state index contributed by atoms with van der Waals surface area (Å²) in [5.41, 5.74) is 2.48. The van der Waals surface area contributed by atoms with Crippen molar-refractivity contribution in [3.8, 4) is 0 Å². The predicted octanol–water partition coefficient (Wildman–Crippen LogP) is 2.12. The summed E-state index contributed by atoms with van der Waals surface area (Å²) in [6.45, 7) is 8.12. The largest absolute Gasteiger partial charge is 0.295 e. The topological polar surface area (TPSA) is 17.1 Å². The Morgan fingerprint density at radius 3 is 2.44 bits per heavy atom. The maximum absolute atomic E-state index is 11.5. The van der Waals surface area contributed by atoms with Gasteiger partial charge in [0, 0.05) is 6.42 Å². The number of benzene rings is 1. The minimum atomic E-state index is 0.194. The number of carbonyl (C=O) groups excluding carboxylic acids is 1. The third-order valence-electron chi connectivity index (χ3n) is 2.92. The maximum Gasteiger partial charge on any atom is 0.156 e. The van der Waals surface area contributed by atoms with Gasteiger partial charge in [0.25, 0.3) is 0 Å². The second kappa shape index (κ2) is 5.64. The van der Waals surface area contributed by atoms with Gasteiger partial charge in [-0.3, -0.25) is 4.79 Å². The Labute approximate surface area is 97.5 Å². The Hall–Kier alpha value is -1.37. The Bertz CT molecular complexity index is 495. The monoisotopic (exact) mass is 216 g/mol. The molecule has 0 heterocycles. The molecule has 0 atom stereocenters. The van der Waals surface area contributed by atoms with Gasteiger partial charge in [0.1, 0.15) is 0 Å². The zero-order valence-corrected chi connectivity index (χ0v) is 10.6. The zero-order chi connectivity index (χ0) is 12.1. The molecule has 0 fully saturated rings. The summed E-state index contributed by atoms with van der Waals surface area (Å²) in [6.07, 6.45) is 5.45. The molecule has 0 aliphatic carbocycles. The number of hydrogen-bond acceptors (Lipinski definition) is 1. The fourth-order valence-corrected chi connectivity index (χ4v) is 1.89. The smallest absolute Gasteiger partial charge is 0.156 e. The van der Waals surface area contributed by atoms with E-state index in [0.29, 0.717) is 6.42 Å². The number of rotatable bonds is 3. The highest BCUT2D eigenvalue weighted by atomic mass is 16.1. The summed E-state index contributed by atoms with van der Waals surface area (Å²) >= 11 is 0. The van der Waals surface area contributed by atoms with Crippen molar-refractivity contribution in [2.45, 2.75) is 40.5 Å². The van der Waals surface area contributed by atoms with Crippen molar-refractivity contribution >= 4 is 17.9 Å². The van der Waals surface area contributed by atoms with Crippen molar-refractivity contribution in [2.75, 3.05) is 0 Å². The number of Topliss-reactive ketones (excluding diaryl/α,β-unsaturated/α-hetero) is 1. The first-order valence-corrected chi connectivity index (χ1v) is 5.93. The summed E-state index contributed by atoms with van der Waals surface area (Å²) in [6, 6.07) is 4.25. The molecule has 0 spiro atoms. The van der Waals surface area contributed by atoms with Crippen molar-refractivity contribution in [2.24, 2.45) is 0 Å². The van der Waals surface area contributed by atoms with E-state index in [9.17, 15) is 4.79 Å². The van der Waals surface area contributed by atoms with Crippen LogP contribution >= 0.6 is 0 Å². The summed E-state index contributed by atoms with van der Waals surface area (Å²) in [5, 5.41) is 2.30. The van der Waals surface area contributed by atoms with Crippen molar-refractivity contribution in [1.82, 2.24) is 0 Å². The van der Waals surface area contributed by atoms with Gasteiger partial charge in [-0.2, -0.15) is 0 Å². The van der Waals surface area contributed by atoms with Gasteiger partial charge in [0.15, 0.2) is 5.78 Å². The minimum absolute atomic E-state index is 0.194. The molecule has 0 saturated heterocycles. The first-order chi connectivity index (χ1) is 7.63. The van der Waals surface area contributed by atoms with E-state index in [0.717, 1.165) is 11.6 Å². The van der Waals surface area contributed by atoms with E-state index in [4.69, 9.17) is 0 Å². The summed E-state index contributed by atoms with van der Waals surface area (Å²) in [4.78, 5) is 11.5. The molecule has 1 nitrogen and oxygen atoms in total. The zero-order valence-electron chi connectivity index (χ0n) is 10.6. The third-order valence-corrected chi connectivity index (χ3v) is 2.92. The van der Waals surface area contributed by atoms with Crippen LogP contribution in [0.25, 0.3) is 12.2 Å². The molecule has 0 aliphatic rings. The van der Waals surface area contributed by atoms with Gasteiger partial charge < -0.3 is 0 Å². The summed E-state index contributed by atoms with van der Waals surface area (Å²) in [7, 11) is 0. The van der Waals surface area contributed by atoms with Crippen LogP contribution in [-0.4, -0.2) is 5.78 Å². The fourth-order valence-electron chi connectivity index (χ4n) is 1.89. The van der Waals surface area contributed by atoms with Crippen molar-refractivity contribution in [3.05, 3.63) is 33.7 Å². The molecule has 1 heteroatoms. The molecule has 0 amide bonds. The highest BCUT2D eigenvalue weighted by Crippen LogP contribution is 1.94. The predicted molar refractivity (Wildman–Crippen MR) is 69.7 cm³/mol. The van der Waals surface area contributed by atoms with E-state index in [1.807, 2.05) is 13.8 Å². The van der Waals surface area contributed by atoms with E-state index >= 15 is 0 Å². The van der Waals surface area contributed by atoms with Gasteiger partial charge in [0.2, 0.25) is 0 Å². The highest BCUT2D eigenvalue weighted by molar-refractivity contribution is 6.05. The van der Waals surface area contributed by atoms with E-state index < -0.39 is 0 Å². The number of hydrogen-bond donors (Lipinski definition) is 0. The van der Waals surface area contributed by atoms with E-state index in [2.05, 4.69) is 32.1 Å². The lowest BCUT2D eigenvalue weighted by Crippen LogP contribution is -2.31. The van der Waals surface area contributed by atoms with Crippen LogP contribution in [0.15, 0.2) is 12.1 Å². The summed E-state index contributed by atoms with van der Waals surface area (Å²) < 4.78 is 0. The normalized spacial score (nSPS) is 13.2. The molecule has 0 bridgehead atoms. The number of carbonyl (C=O) groups is 1. The number of ketones is 1. The van der Waals surface area contributed by atoms with Crippen LogP contribution < -0.4 is 10.4 Å². The van der Waals surface area contributed by atoms with Gasteiger partial charge in [-0.1, -0.05) is 32.1 Å². The lowest BCUT2D eigenvalue weighted by molar-refractivity contribution is -0.113. The molecular formula is C15H20O. The fraction of sp³-hybridized carbons (Fsp3) is 0.400. The molecule has 0 radical (unpaired) electrons. The SMILES string of the molecule is C/C=c1/c(CC)ccc(C)/c1=C/C(=O)CC. The molecule has 0 N–H and O–H groups in total. The van der Waals surface area contributed by atoms with Crippen LogP contribution in [0.2, 0.25) is 0 Å². The van der Waals surface area contributed by atoms with Crippen molar-refractivity contribution < 1.29 is 4.79 Å². The molecule has 1 aromatic rings. The van der Waals surface area contributed by atoms with Crippen LogP contribution in [0.3, 0.4) is 0 Å². The Balaban J connectivity index is 3.60. The second-order valence-electron chi connectivity index (χ2n) is 3.98. The van der Waals surface area contributed by atoms with Gasteiger partial charge in [0.05, 0.1) is 0 Å². The van der Waals surface area contributed by atoms with E-state index in [1.54, 1.807) is 6.08 Å². The molecule has 1 aromatic carbocycles. The van der Waals surface area contributed by atoms with Gasteiger partial charge in [-0.25, -0.2) is 0 Å². The molecule has 86 valence electrons. The quantitative estimate of drug-likeness (QED) is 0.756. The van der Waals surface area contributed by atoms with Crippen LogP contribution in [0.5, 0.6) is 0 Å². The van der Waals surface area contributed by atoms with Crippen molar-refractivity contribution in [1.29, 1.82) is 0 Å². The standard InChI is InChI=1S/C15H20O/c1-5-12-9-8-11(4)15(14(12)7-3)10-13(16)6-2/h7-10H,5-6H2,1-4H3/b14-7-,15-10-. The average Bonchev–Trinajstić information content (AvgIpc) is 2.31. The first-order valence-electron chi connectivity index (χ1n) is 5.93. The van der Waals surface area contributed by atoms with Crippen LogP contribution in [0.4, 0.5) is 0 Å². The number of aryl methyl sites for hydroxylation is 2. The minimum Gasteiger partial charge on any atom is -0.295 e. The molecule has 0 unspecified atom stereocenters. The Morgan fingerprint density at radius 1 is 1.25 bits per heavy atom. The lowest BCUT2D eigenvalue weighted by Gasteiger charge is -2.03. The molecule has 0 saturated carbocycles. The highest BCUT2D eigenvalue weighted by Gasteiger charge is 1.99. The van der Waals surface area contributed by atoms with Gasteiger partial charge in [-0.05, 0) is 47.9 Å². The molecule has 0 aliphatic heterocycles. The molecule has 0 aromatic heterocycles.